The zero-order valence-corrected chi connectivity index (χ0v) is 14.2. The molecule has 5 heteroatoms. The molecule has 0 spiro atoms. The van der Waals surface area contributed by atoms with Crippen LogP contribution in [0.4, 0.5) is 10.5 Å². The van der Waals surface area contributed by atoms with E-state index < -0.39 is 11.7 Å². The first-order valence-electron chi connectivity index (χ1n) is 7.66. The number of nitrogens with one attached hydrogen (secondary N) is 2. The van der Waals surface area contributed by atoms with Gasteiger partial charge in [0.25, 0.3) is 0 Å². The summed E-state index contributed by atoms with van der Waals surface area (Å²) >= 11 is 0. The van der Waals surface area contributed by atoms with E-state index in [4.69, 9.17) is 4.74 Å². The Bertz CT molecular complexity index is 589. The van der Waals surface area contributed by atoms with Crippen molar-refractivity contribution >= 4 is 17.7 Å². The number of alkyl carbamates (subject to hydrolysis) is 1. The lowest BCUT2D eigenvalue weighted by Gasteiger charge is -2.19. The predicted octanol–water partition coefficient (Wildman–Crippen LogP) is 3.30. The van der Waals surface area contributed by atoms with Crippen molar-refractivity contribution in [1.29, 1.82) is 0 Å². The van der Waals surface area contributed by atoms with Gasteiger partial charge in [0.15, 0.2) is 0 Å². The maximum absolute atomic E-state index is 11.8. The number of ether oxygens (including phenoxy) is 1. The van der Waals surface area contributed by atoms with Gasteiger partial charge in [-0.15, -0.1) is 0 Å². The van der Waals surface area contributed by atoms with Crippen molar-refractivity contribution in [2.75, 3.05) is 11.9 Å². The van der Waals surface area contributed by atoms with Gasteiger partial charge in [-0.05, 0) is 45.0 Å². The van der Waals surface area contributed by atoms with E-state index in [1.54, 1.807) is 32.9 Å². The molecular formula is C18H24N2O3. The minimum atomic E-state index is -0.547. The molecule has 1 aromatic rings. The molecule has 0 aromatic heterocycles. The Hall–Kier alpha value is -2.48. The Morgan fingerprint density at radius 2 is 1.83 bits per heavy atom. The van der Waals surface area contributed by atoms with Gasteiger partial charge in [0.1, 0.15) is 5.60 Å². The molecule has 0 heterocycles. The van der Waals surface area contributed by atoms with Crippen molar-refractivity contribution in [3.63, 3.8) is 0 Å². The zero-order valence-electron chi connectivity index (χ0n) is 14.2. The molecule has 0 radical (unpaired) electrons. The van der Waals surface area contributed by atoms with Gasteiger partial charge in [-0.25, -0.2) is 4.79 Å². The molecule has 23 heavy (non-hydrogen) atoms. The maximum Gasteiger partial charge on any atom is 0.407 e. The van der Waals surface area contributed by atoms with Crippen LogP contribution in [0.2, 0.25) is 0 Å². The minimum absolute atomic E-state index is 0.173. The van der Waals surface area contributed by atoms with Crippen molar-refractivity contribution in [2.45, 2.75) is 46.1 Å². The van der Waals surface area contributed by atoms with Crippen LogP contribution in [0, 0.1) is 11.8 Å². The summed E-state index contributed by atoms with van der Waals surface area (Å²) in [6, 6.07) is 7.33. The van der Waals surface area contributed by atoms with Crippen molar-refractivity contribution in [3.8, 4) is 11.8 Å². The molecule has 0 aliphatic carbocycles. The van der Waals surface area contributed by atoms with E-state index in [0.717, 1.165) is 12.0 Å². The Morgan fingerprint density at radius 3 is 2.39 bits per heavy atom. The number of benzene rings is 1. The largest absolute Gasteiger partial charge is 0.444 e. The van der Waals surface area contributed by atoms with Gasteiger partial charge in [-0.1, -0.05) is 18.8 Å². The summed E-state index contributed by atoms with van der Waals surface area (Å²) < 4.78 is 5.09. The molecule has 0 aliphatic rings. The molecule has 1 aromatic carbocycles. The molecule has 0 bridgehead atoms. The topological polar surface area (TPSA) is 67.4 Å². The molecule has 0 unspecified atom stereocenters. The van der Waals surface area contributed by atoms with Gasteiger partial charge in [0, 0.05) is 30.6 Å². The highest BCUT2D eigenvalue weighted by atomic mass is 16.6. The first kappa shape index (κ1) is 18.6. The molecule has 5 nitrogen and oxygen atoms in total. The van der Waals surface area contributed by atoms with Crippen LogP contribution < -0.4 is 10.6 Å². The Balaban J connectivity index is 2.35. The van der Waals surface area contributed by atoms with Crippen molar-refractivity contribution in [3.05, 3.63) is 29.8 Å². The highest BCUT2D eigenvalue weighted by Crippen LogP contribution is 2.09. The smallest absolute Gasteiger partial charge is 0.407 e. The molecule has 1 rings (SSSR count). The van der Waals surface area contributed by atoms with Crippen LogP contribution in [0.5, 0.6) is 0 Å². The summed E-state index contributed by atoms with van der Waals surface area (Å²) in [5, 5.41) is 5.32. The summed E-state index contributed by atoms with van der Waals surface area (Å²) in [7, 11) is 0. The third kappa shape index (κ3) is 8.52. The number of carbonyl (C=O) groups excluding carboxylic acids is 2. The molecule has 0 saturated carbocycles. The molecule has 0 fully saturated rings. The molecule has 0 saturated heterocycles. The Kier molecular flexibility index (Phi) is 7.14. The van der Waals surface area contributed by atoms with Crippen LogP contribution in [0.1, 0.15) is 46.1 Å². The fourth-order valence-corrected chi connectivity index (χ4v) is 1.64. The Labute approximate surface area is 137 Å². The molecule has 0 atom stereocenters. The third-order valence-electron chi connectivity index (χ3n) is 2.60. The van der Waals surface area contributed by atoms with Gasteiger partial charge in [-0.2, -0.15) is 0 Å². The summed E-state index contributed by atoms with van der Waals surface area (Å²) in [6.07, 6.45) is 0.462. The standard InChI is InChI=1S/C18H24N2O3/c1-5-6-7-14-8-10-15(11-9-14)20-16(21)12-13-19-17(22)23-18(2,3)4/h8-11H,5,12-13H2,1-4H3,(H,19,22)(H,20,21). The highest BCUT2D eigenvalue weighted by molar-refractivity contribution is 5.91. The quantitative estimate of drug-likeness (QED) is 0.838. The first-order chi connectivity index (χ1) is 10.8. The summed E-state index contributed by atoms with van der Waals surface area (Å²) in [6.45, 7) is 7.57. The number of carbonyl (C=O) groups is 2. The molecule has 2 amide bonds. The summed E-state index contributed by atoms with van der Waals surface area (Å²) in [4.78, 5) is 23.2. The van der Waals surface area contributed by atoms with Crippen LogP contribution >= 0.6 is 0 Å². The molecule has 0 aliphatic heterocycles. The Morgan fingerprint density at radius 1 is 1.17 bits per heavy atom. The van der Waals surface area contributed by atoms with E-state index >= 15 is 0 Å². The van der Waals surface area contributed by atoms with E-state index in [1.807, 2.05) is 19.1 Å². The fraction of sp³-hybridized carbons (Fsp3) is 0.444. The van der Waals surface area contributed by atoms with Crippen molar-refractivity contribution < 1.29 is 14.3 Å². The van der Waals surface area contributed by atoms with Crippen LogP contribution in [0.15, 0.2) is 24.3 Å². The second-order valence-corrected chi connectivity index (χ2v) is 5.96. The average Bonchev–Trinajstić information content (AvgIpc) is 2.44. The molecule has 2 N–H and O–H groups in total. The third-order valence-corrected chi connectivity index (χ3v) is 2.60. The number of amides is 2. The highest BCUT2D eigenvalue weighted by Gasteiger charge is 2.15. The predicted molar refractivity (Wildman–Crippen MR) is 91.1 cm³/mol. The molecular weight excluding hydrogens is 292 g/mol. The van der Waals surface area contributed by atoms with E-state index in [-0.39, 0.29) is 18.9 Å². The molecule has 124 valence electrons. The SMILES string of the molecule is CCC#Cc1ccc(NC(=O)CCNC(=O)OC(C)(C)C)cc1. The monoisotopic (exact) mass is 316 g/mol. The van der Waals surface area contributed by atoms with Gasteiger partial charge in [-0.3, -0.25) is 4.79 Å². The summed E-state index contributed by atoms with van der Waals surface area (Å²) in [5.41, 5.74) is 1.07. The van der Waals surface area contributed by atoms with Gasteiger partial charge < -0.3 is 15.4 Å². The van der Waals surface area contributed by atoms with Crippen LogP contribution in [0.25, 0.3) is 0 Å². The van der Waals surface area contributed by atoms with Crippen molar-refractivity contribution in [1.82, 2.24) is 5.32 Å². The van der Waals surface area contributed by atoms with Crippen LogP contribution in [-0.2, 0) is 9.53 Å². The second kappa shape index (κ2) is 8.84. The van der Waals surface area contributed by atoms with E-state index in [0.29, 0.717) is 5.69 Å². The zero-order chi connectivity index (χ0) is 17.3. The maximum atomic E-state index is 11.8. The first-order valence-corrected chi connectivity index (χ1v) is 7.66. The van der Waals surface area contributed by atoms with Gasteiger partial charge >= 0.3 is 6.09 Å². The second-order valence-electron chi connectivity index (χ2n) is 5.96. The number of hydrogen-bond donors (Lipinski definition) is 2. The fourth-order valence-electron chi connectivity index (χ4n) is 1.64. The minimum Gasteiger partial charge on any atom is -0.444 e. The van der Waals surface area contributed by atoms with Crippen LogP contribution in [-0.4, -0.2) is 24.1 Å². The lowest BCUT2D eigenvalue weighted by Crippen LogP contribution is -2.34. The van der Waals surface area contributed by atoms with Gasteiger partial charge in [0.05, 0.1) is 0 Å². The average molecular weight is 316 g/mol. The van der Waals surface area contributed by atoms with E-state index in [1.165, 1.54) is 0 Å². The summed E-state index contributed by atoms with van der Waals surface area (Å²) in [5.74, 6) is 5.83. The lowest BCUT2D eigenvalue weighted by atomic mass is 10.2. The normalized spacial score (nSPS) is 10.3. The van der Waals surface area contributed by atoms with E-state index in [2.05, 4.69) is 22.5 Å². The van der Waals surface area contributed by atoms with E-state index in [9.17, 15) is 9.59 Å². The number of hydrogen-bond acceptors (Lipinski definition) is 3. The van der Waals surface area contributed by atoms with Gasteiger partial charge in [0.2, 0.25) is 5.91 Å². The number of anilines is 1. The lowest BCUT2D eigenvalue weighted by molar-refractivity contribution is -0.116. The van der Waals surface area contributed by atoms with Crippen LogP contribution in [0.3, 0.4) is 0 Å². The van der Waals surface area contributed by atoms with Crippen molar-refractivity contribution in [2.24, 2.45) is 0 Å². The number of rotatable bonds is 4.